The minimum atomic E-state index is -0.421. The highest BCUT2D eigenvalue weighted by atomic mass is 15.0. The maximum atomic E-state index is 5.08. The summed E-state index contributed by atoms with van der Waals surface area (Å²) in [5.74, 6) is 1.87. The average molecular weight is 855 g/mol. The first-order valence-electron chi connectivity index (χ1n) is 22.7. The van der Waals surface area contributed by atoms with Gasteiger partial charge in [0.2, 0.25) is 0 Å². The molecule has 0 unspecified atom stereocenters. The number of hydrogen-bond acceptors (Lipinski definition) is 4. The Labute approximate surface area is 390 Å². The first-order chi connectivity index (χ1) is 33.2. The van der Waals surface area contributed by atoms with E-state index in [-0.39, 0.29) is 0 Å². The second kappa shape index (κ2) is 16.9. The van der Waals surface area contributed by atoms with Gasteiger partial charge >= 0.3 is 0 Å². The summed E-state index contributed by atoms with van der Waals surface area (Å²) in [6.07, 6.45) is 3.66. The van der Waals surface area contributed by atoms with E-state index in [1.165, 1.54) is 44.5 Å². The summed E-state index contributed by atoms with van der Waals surface area (Å²) >= 11 is 0. The fraction of sp³-hybridized carbons (Fsp3) is 0.0159. The quantitative estimate of drug-likeness (QED) is 0.145. The van der Waals surface area contributed by atoms with Crippen LogP contribution in [0.1, 0.15) is 22.3 Å². The molecule has 0 radical (unpaired) electrons. The summed E-state index contributed by atoms with van der Waals surface area (Å²) in [5, 5.41) is 0. The van der Waals surface area contributed by atoms with E-state index in [2.05, 4.69) is 211 Å². The third-order valence-corrected chi connectivity index (χ3v) is 13.1. The monoisotopic (exact) mass is 854 g/mol. The standard InChI is InChI=1S/C63H42N4/c1-4-16-44(17-5-1)60-65-61(45-33-31-43(32-34-45)53-24-15-37-64-42-53)67-62(66-60)52-23-14-22-50(40-52)48-20-12-18-46(38-48)47-19-13-21-49(39-47)51-35-36-59-57(41-51)56-29-10-11-30-58(56)63(59,54-25-6-2-7-26-54)55-27-8-3-9-28-55/h1-42H. The zero-order valence-electron chi connectivity index (χ0n) is 36.5. The molecule has 9 aromatic carbocycles. The summed E-state index contributed by atoms with van der Waals surface area (Å²) in [5.41, 5.74) is 19.0. The van der Waals surface area contributed by atoms with Crippen LogP contribution in [-0.4, -0.2) is 19.9 Å². The van der Waals surface area contributed by atoms with Crippen molar-refractivity contribution >= 4 is 0 Å². The Kier molecular flexibility index (Phi) is 10.0. The van der Waals surface area contributed by atoms with Crippen LogP contribution in [-0.2, 0) is 5.41 Å². The first-order valence-corrected chi connectivity index (χ1v) is 22.7. The maximum Gasteiger partial charge on any atom is 0.164 e. The Morgan fingerprint density at radius 3 is 1.22 bits per heavy atom. The van der Waals surface area contributed by atoms with Gasteiger partial charge in [-0.1, -0.05) is 212 Å². The molecular formula is C63H42N4. The molecule has 0 fully saturated rings. The zero-order chi connectivity index (χ0) is 44.6. The topological polar surface area (TPSA) is 51.6 Å². The molecule has 12 rings (SSSR count). The lowest BCUT2D eigenvalue weighted by Crippen LogP contribution is -2.28. The number of benzene rings is 9. The van der Waals surface area contributed by atoms with Crippen molar-refractivity contribution in [1.29, 1.82) is 0 Å². The van der Waals surface area contributed by atoms with E-state index in [1.807, 2.05) is 42.6 Å². The van der Waals surface area contributed by atoms with Gasteiger partial charge in [0.15, 0.2) is 17.5 Å². The SMILES string of the molecule is c1ccc(-c2nc(-c3ccc(-c4cccnc4)cc3)nc(-c3cccc(-c4cccc(-c5cccc(-c6ccc7c(c6)-c6ccccc6C7(c6ccccc6)c6ccccc6)c5)c4)c3)n2)cc1. The van der Waals surface area contributed by atoms with Crippen LogP contribution < -0.4 is 0 Å². The summed E-state index contributed by atoms with van der Waals surface area (Å²) in [6.45, 7) is 0. The molecule has 0 saturated carbocycles. The number of nitrogens with zero attached hydrogens (tertiary/aromatic N) is 4. The minimum Gasteiger partial charge on any atom is -0.264 e. The third kappa shape index (κ3) is 7.22. The van der Waals surface area contributed by atoms with Crippen LogP contribution in [0.2, 0.25) is 0 Å². The normalized spacial score (nSPS) is 12.3. The molecule has 0 spiro atoms. The van der Waals surface area contributed by atoms with Gasteiger partial charge in [0.25, 0.3) is 0 Å². The van der Waals surface area contributed by atoms with Gasteiger partial charge in [0, 0.05) is 29.1 Å². The molecule has 11 aromatic rings. The van der Waals surface area contributed by atoms with Gasteiger partial charge in [-0.25, -0.2) is 15.0 Å². The Hall–Kier alpha value is -8.86. The van der Waals surface area contributed by atoms with Gasteiger partial charge in [-0.2, -0.15) is 0 Å². The number of pyridine rings is 1. The molecule has 4 nitrogen and oxygen atoms in total. The van der Waals surface area contributed by atoms with E-state index >= 15 is 0 Å². The van der Waals surface area contributed by atoms with Gasteiger partial charge in [-0.05, 0) is 108 Å². The molecule has 1 aliphatic rings. The molecule has 4 heteroatoms. The van der Waals surface area contributed by atoms with Crippen LogP contribution in [0.25, 0.3) is 89.8 Å². The lowest BCUT2D eigenvalue weighted by Gasteiger charge is -2.33. The highest BCUT2D eigenvalue weighted by molar-refractivity contribution is 5.89. The summed E-state index contributed by atoms with van der Waals surface area (Å²) in [4.78, 5) is 19.4. The first kappa shape index (κ1) is 39.7. The van der Waals surface area contributed by atoms with Gasteiger partial charge in [-0.15, -0.1) is 0 Å². The van der Waals surface area contributed by atoms with E-state index in [4.69, 9.17) is 15.0 Å². The predicted octanol–water partition coefficient (Wildman–Crippen LogP) is 15.3. The van der Waals surface area contributed by atoms with Crippen LogP contribution in [0.4, 0.5) is 0 Å². The van der Waals surface area contributed by atoms with Gasteiger partial charge in [0.1, 0.15) is 0 Å². The molecule has 0 atom stereocenters. The Bertz CT molecular complexity index is 3510. The molecule has 2 heterocycles. The van der Waals surface area contributed by atoms with Crippen LogP contribution >= 0.6 is 0 Å². The average Bonchev–Trinajstić information content (AvgIpc) is 3.72. The highest BCUT2D eigenvalue weighted by Crippen LogP contribution is 2.56. The number of hydrogen-bond donors (Lipinski definition) is 0. The number of rotatable bonds is 9. The van der Waals surface area contributed by atoms with Crippen molar-refractivity contribution < 1.29 is 0 Å². The zero-order valence-corrected chi connectivity index (χ0v) is 36.5. The third-order valence-electron chi connectivity index (χ3n) is 13.1. The molecule has 0 saturated heterocycles. The second-order valence-electron chi connectivity index (χ2n) is 17.0. The Morgan fingerprint density at radius 2 is 0.657 bits per heavy atom. The predicted molar refractivity (Wildman–Crippen MR) is 273 cm³/mol. The van der Waals surface area contributed by atoms with Crippen molar-refractivity contribution in [3.05, 3.63) is 277 Å². The number of aromatic nitrogens is 4. The molecule has 67 heavy (non-hydrogen) atoms. The van der Waals surface area contributed by atoms with Crippen molar-refractivity contribution in [3.63, 3.8) is 0 Å². The molecule has 0 aliphatic heterocycles. The van der Waals surface area contributed by atoms with E-state index in [0.717, 1.165) is 50.1 Å². The largest absolute Gasteiger partial charge is 0.264 e. The fourth-order valence-corrected chi connectivity index (χ4v) is 9.92. The van der Waals surface area contributed by atoms with E-state index in [0.29, 0.717) is 17.5 Å². The van der Waals surface area contributed by atoms with Crippen LogP contribution in [0.5, 0.6) is 0 Å². The van der Waals surface area contributed by atoms with E-state index < -0.39 is 5.41 Å². The van der Waals surface area contributed by atoms with Crippen molar-refractivity contribution in [3.8, 4) is 89.8 Å². The van der Waals surface area contributed by atoms with Gasteiger partial charge in [0.05, 0.1) is 5.41 Å². The molecule has 0 N–H and O–H groups in total. The maximum absolute atomic E-state index is 5.08. The smallest absolute Gasteiger partial charge is 0.164 e. The minimum absolute atomic E-state index is 0.421. The summed E-state index contributed by atoms with van der Waals surface area (Å²) < 4.78 is 0. The lowest BCUT2D eigenvalue weighted by atomic mass is 9.67. The van der Waals surface area contributed by atoms with Crippen LogP contribution in [0, 0.1) is 0 Å². The molecule has 314 valence electrons. The molecular weight excluding hydrogens is 813 g/mol. The van der Waals surface area contributed by atoms with Crippen molar-refractivity contribution in [2.45, 2.75) is 5.41 Å². The van der Waals surface area contributed by atoms with Gasteiger partial charge in [-0.3, -0.25) is 4.98 Å². The summed E-state index contributed by atoms with van der Waals surface area (Å²) in [6, 6.07) is 86.6. The van der Waals surface area contributed by atoms with Crippen LogP contribution in [0.15, 0.2) is 255 Å². The molecule has 0 bridgehead atoms. The van der Waals surface area contributed by atoms with E-state index in [9.17, 15) is 0 Å². The van der Waals surface area contributed by atoms with E-state index in [1.54, 1.807) is 6.20 Å². The molecule has 2 aromatic heterocycles. The highest BCUT2D eigenvalue weighted by Gasteiger charge is 2.46. The Morgan fingerprint density at radius 1 is 0.254 bits per heavy atom. The van der Waals surface area contributed by atoms with Crippen molar-refractivity contribution in [2.24, 2.45) is 0 Å². The second-order valence-corrected chi connectivity index (χ2v) is 17.0. The molecule has 0 amide bonds. The Balaban J connectivity index is 0.888. The summed E-state index contributed by atoms with van der Waals surface area (Å²) in [7, 11) is 0. The lowest BCUT2D eigenvalue weighted by molar-refractivity contribution is 0.768. The van der Waals surface area contributed by atoms with Crippen LogP contribution in [0.3, 0.4) is 0 Å². The fourth-order valence-electron chi connectivity index (χ4n) is 9.92. The molecule has 1 aliphatic carbocycles. The van der Waals surface area contributed by atoms with Crippen molar-refractivity contribution in [2.75, 3.05) is 0 Å². The van der Waals surface area contributed by atoms with Crippen molar-refractivity contribution in [1.82, 2.24) is 19.9 Å². The number of fused-ring (bicyclic) bond motifs is 3. The van der Waals surface area contributed by atoms with Gasteiger partial charge < -0.3 is 0 Å².